The van der Waals surface area contributed by atoms with Crippen molar-refractivity contribution in [2.75, 3.05) is 11.9 Å². The number of anilines is 1. The van der Waals surface area contributed by atoms with Crippen molar-refractivity contribution in [3.8, 4) is 0 Å². The van der Waals surface area contributed by atoms with E-state index in [1.165, 1.54) is 12.1 Å². The molecule has 0 bridgehead atoms. The van der Waals surface area contributed by atoms with Crippen LogP contribution in [0.15, 0.2) is 22.7 Å². The number of carbonyl (C=O) groups excluding carboxylic acids is 2. The molecule has 21 heavy (non-hydrogen) atoms. The van der Waals surface area contributed by atoms with E-state index >= 15 is 0 Å². The highest BCUT2D eigenvalue weighted by molar-refractivity contribution is 9.10. The molecule has 0 heterocycles. The third kappa shape index (κ3) is 5.42. The Morgan fingerprint density at radius 1 is 1.29 bits per heavy atom. The van der Waals surface area contributed by atoms with Gasteiger partial charge >= 0.3 is 12.0 Å². The normalized spacial score (nSPS) is 11.4. The molecule has 0 saturated carbocycles. The highest BCUT2D eigenvalue weighted by atomic mass is 79.9. The number of rotatable bonds is 5. The summed E-state index contributed by atoms with van der Waals surface area (Å²) in [6.45, 7) is 3.80. The van der Waals surface area contributed by atoms with Gasteiger partial charge in [0.25, 0.3) is 0 Å². The van der Waals surface area contributed by atoms with E-state index in [9.17, 15) is 14.4 Å². The van der Waals surface area contributed by atoms with E-state index in [-0.39, 0.29) is 11.5 Å². The van der Waals surface area contributed by atoms with Gasteiger partial charge in [-0.1, -0.05) is 15.9 Å². The number of aromatic carboxylic acids is 1. The highest BCUT2D eigenvalue weighted by Crippen LogP contribution is 2.19. The molecule has 1 rings (SSSR count). The summed E-state index contributed by atoms with van der Waals surface area (Å²) in [6, 6.07) is 3.01. The summed E-state index contributed by atoms with van der Waals surface area (Å²) in [4.78, 5) is 34.2. The van der Waals surface area contributed by atoms with Gasteiger partial charge < -0.3 is 21.1 Å². The predicted octanol–water partition coefficient (Wildman–Crippen LogP) is 1.79. The fourth-order valence-electron chi connectivity index (χ4n) is 1.54. The Hall–Kier alpha value is -2.09. The zero-order valence-corrected chi connectivity index (χ0v) is 13.2. The van der Waals surface area contributed by atoms with Crippen molar-refractivity contribution in [1.82, 2.24) is 10.6 Å². The van der Waals surface area contributed by atoms with Crippen LogP contribution in [0.1, 0.15) is 24.2 Å². The maximum absolute atomic E-state index is 11.8. The van der Waals surface area contributed by atoms with Gasteiger partial charge in [0.15, 0.2) is 0 Å². The molecule has 0 aliphatic carbocycles. The molecule has 1 aromatic carbocycles. The van der Waals surface area contributed by atoms with Crippen molar-refractivity contribution < 1.29 is 19.5 Å². The molecule has 3 amide bonds. The monoisotopic (exact) mass is 357 g/mol. The Morgan fingerprint density at radius 3 is 2.52 bits per heavy atom. The second kappa shape index (κ2) is 7.63. The second-order valence-corrected chi connectivity index (χ2v) is 5.16. The topological polar surface area (TPSA) is 108 Å². The van der Waals surface area contributed by atoms with E-state index < -0.39 is 18.0 Å². The average Bonchev–Trinajstić information content (AvgIpc) is 2.37. The minimum absolute atomic E-state index is 0.0384. The molecule has 114 valence electrons. The van der Waals surface area contributed by atoms with Crippen molar-refractivity contribution in [2.45, 2.75) is 19.9 Å². The van der Waals surface area contributed by atoms with Crippen LogP contribution in [0, 0.1) is 0 Å². The summed E-state index contributed by atoms with van der Waals surface area (Å²) in [5, 5.41) is 16.5. The predicted molar refractivity (Wildman–Crippen MR) is 81.4 cm³/mol. The van der Waals surface area contributed by atoms with Crippen LogP contribution in [-0.2, 0) is 4.79 Å². The van der Waals surface area contributed by atoms with E-state index in [0.717, 1.165) is 0 Å². The Morgan fingerprint density at radius 2 is 1.95 bits per heavy atom. The Labute approximate surface area is 130 Å². The number of carboxylic acid groups (broad SMARTS) is 1. The van der Waals surface area contributed by atoms with Crippen LogP contribution in [-0.4, -0.2) is 35.6 Å². The Balaban J connectivity index is 2.71. The van der Waals surface area contributed by atoms with Crippen molar-refractivity contribution in [3.63, 3.8) is 0 Å². The Bertz CT molecular complexity index is 562. The fraction of sp³-hybridized carbons (Fsp3) is 0.308. The molecule has 0 radical (unpaired) electrons. The summed E-state index contributed by atoms with van der Waals surface area (Å²) < 4.78 is 0.523. The molecule has 0 aliphatic rings. The summed E-state index contributed by atoms with van der Waals surface area (Å²) in [6.07, 6.45) is 0. The lowest BCUT2D eigenvalue weighted by molar-refractivity contribution is -0.122. The van der Waals surface area contributed by atoms with Crippen LogP contribution in [0.5, 0.6) is 0 Å². The Kier molecular flexibility index (Phi) is 6.16. The molecule has 7 nitrogen and oxygen atoms in total. The SMILES string of the molecule is CCNC(=O)C(C)NC(=O)Nc1cc(Br)cc(C(=O)O)c1. The first-order valence-electron chi connectivity index (χ1n) is 6.22. The van der Waals surface area contributed by atoms with Crippen LogP contribution >= 0.6 is 15.9 Å². The number of urea groups is 1. The molecule has 1 atom stereocenters. The van der Waals surface area contributed by atoms with E-state index in [1.807, 2.05) is 0 Å². The van der Waals surface area contributed by atoms with Gasteiger partial charge in [0, 0.05) is 16.7 Å². The number of likely N-dealkylation sites (N-methyl/N-ethyl adjacent to an activating group) is 1. The molecule has 1 unspecified atom stereocenters. The van der Waals surface area contributed by atoms with E-state index in [4.69, 9.17) is 5.11 Å². The van der Waals surface area contributed by atoms with Crippen LogP contribution in [0.3, 0.4) is 0 Å². The molecule has 0 fully saturated rings. The molecule has 4 N–H and O–H groups in total. The maximum atomic E-state index is 11.8. The molecular weight excluding hydrogens is 342 g/mol. The number of hydrogen-bond donors (Lipinski definition) is 4. The molecule has 1 aromatic rings. The third-order valence-electron chi connectivity index (χ3n) is 2.49. The fourth-order valence-corrected chi connectivity index (χ4v) is 2.04. The zero-order chi connectivity index (χ0) is 16.0. The van der Waals surface area contributed by atoms with Gasteiger partial charge in [-0.2, -0.15) is 0 Å². The number of carbonyl (C=O) groups is 3. The van der Waals surface area contributed by atoms with E-state index in [0.29, 0.717) is 16.7 Å². The lowest BCUT2D eigenvalue weighted by Crippen LogP contribution is -2.46. The zero-order valence-electron chi connectivity index (χ0n) is 11.6. The number of benzene rings is 1. The van der Waals surface area contributed by atoms with Crippen molar-refractivity contribution in [1.29, 1.82) is 0 Å². The first-order chi connectivity index (χ1) is 9.83. The summed E-state index contributed by atoms with van der Waals surface area (Å²) >= 11 is 3.17. The van der Waals surface area contributed by atoms with Gasteiger partial charge in [0.2, 0.25) is 5.91 Å². The molecule has 8 heteroatoms. The molecule has 0 aliphatic heterocycles. The van der Waals surface area contributed by atoms with Gasteiger partial charge in [-0.15, -0.1) is 0 Å². The molecule has 0 saturated heterocycles. The van der Waals surface area contributed by atoms with Gasteiger partial charge in [-0.25, -0.2) is 9.59 Å². The summed E-state index contributed by atoms with van der Waals surface area (Å²) in [5.74, 6) is -1.40. The lowest BCUT2D eigenvalue weighted by atomic mass is 10.2. The summed E-state index contributed by atoms with van der Waals surface area (Å²) in [5.41, 5.74) is 0.346. The van der Waals surface area contributed by atoms with Gasteiger partial charge in [-0.3, -0.25) is 4.79 Å². The minimum Gasteiger partial charge on any atom is -0.478 e. The number of carboxylic acids is 1. The van der Waals surface area contributed by atoms with Gasteiger partial charge in [0.1, 0.15) is 6.04 Å². The number of halogens is 1. The maximum Gasteiger partial charge on any atom is 0.335 e. The minimum atomic E-state index is -1.10. The second-order valence-electron chi connectivity index (χ2n) is 4.25. The van der Waals surface area contributed by atoms with Crippen LogP contribution < -0.4 is 16.0 Å². The molecular formula is C13H16BrN3O4. The van der Waals surface area contributed by atoms with Gasteiger partial charge in [0.05, 0.1) is 5.56 Å². The largest absolute Gasteiger partial charge is 0.478 e. The van der Waals surface area contributed by atoms with Crippen molar-refractivity contribution in [2.24, 2.45) is 0 Å². The van der Waals surface area contributed by atoms with E-state index in [1.54, 1.807) is 19.9 Å². The smallest absolute Gasteiger partial charge is 0.335 e. The van der Waals surface area contributed by atoms with Crippen LogP contribution in [0.2, 0.25) is 0 Å². The number of hydrogen-bond acceptors (Lipinski definition) is 3. The molecule has 0 aromatic heterocycles. The van der Waals surface area contributed by atoms with Crippen LogP contribution in [0.4, 0.5) is 10.5 Å². The lowest BCUT2D eigenvalue weighted by Gasteiger charge is -2.14. The first-order valence-corrected chi connectivity index (χ1v) is 7.02. The third-order valence-corrected chi connectivity index (χ3v) is 2.95. The van der Waals surface area contributed by atoms with Gasteiger partial charge in [-0.05, 0) is 32.0 Å². The number of amides is 3. The van der Waals surface area contributed by atoms with E-state index in [2.05, 4.69) is 31.9 Å². The first kappa shape index (κ1) is 17.0. The molecule has 0 spiro atoms. The quantitative estimate of drug-likeness (QED) is 0.644. The van der Waals surface area contributed by atoms with Crippen molar-refractivity contribution >= 4 is 39.5 Å². The standard InChI is InChI=1S/C13H16BrN3O4/c1-3-15-11(18)7(2)16-13(21)17-10-5-8(12(19)20)4-9(14)6-10/h4-7H,3H2,1-2H3,(H,15,18)(H,19,20)(H2,16,17,21). The van der Waals surface area contributed by atoms with Crippen LogP contribution in [0.25, 0.3) is 0 Å². The highest BCUT2D eigenvalue weighted by Gasteiger charge is 2.15. The summed E-state index contributed by atoms with van der Waals surface area (Å²) in [7, 11) is 0. The average molecular weight is 358 g/mol. The van der Waals surface area contributed by atoms with Crippen molar-refractivity contribution in [3.05, 3.63) is 28.2 Å². The number of nitrogens with one attached hydrogen (secondary N) is 3.